The highest BCUT2D eigenvalue weighted by Crippen LogP contribution is 2.28. The topological polar surface area (TPSA) is 32.7 Å². The average molecular weight is 359 g/mol. The first-order valence-electron chi connectivity index (χ1n) is 7.98. The SMILES string of the molecule is CCc1ccc(C(=O)N(C2=N[C@@H](C)CS2)c2ccc(Cl)cc2)cc1. The number of hydrogen-bond acceptors (Lipinski definition) is 3. The molecule has 2 aromatic carbocycles. The number of amidine groups is 1. The van der Waals surface area contributed by atoms with Gasteiger partial charge in [-0.3, -0.25) is 14.7 Å². The van der Waals surface area contributed by atoms with E-state index in [1.165, 1.54) is 5.56 Å². The standard InChI is InChI=1S/C19H19ClN2OS/c1-3-14-4-6-15(7-5-14)18(23)22(19-21-13(2)12-24-19)17-10-8-16(20)9-11-17/h4-11,13H,3,12H2,1-2H3/t13-/m0/s1. The normalized spacial score (nSPS) is 16.8. The van der Waals surface area contributed by atoms with Gasteiger partial charge in [-0.2, -0.15) is 0 Å². The molecule has 0 spiro atoms. The Labute approximate surface area is 151 Å². The number of benzene rings is 2. The summed E-state index contributed by atoms with van der Waals surface area (Å²) >= 11 is 7.60. The summed E-state index contributed by atoms with van der Waals surface area (Å²) in [6, 6.07) is 15.3. The molecule has 0 unspecified atom stereocenters. The number of carbonyl (C=O) groups is 1. The van der Waals surface area contributed by atoms with E-state index in [0.29, 0.717) is 10.6 Å². The van der Waals surface area contributed by atoms with Gasteiger partial charge in [0.15, 0.2) is 5.17 Å². The molecule has 0 saturated carbocycles. The third-order valence-corrected chi connectivity index (χ3v) is 5.32. The van der Waals surface area contributed by atoms with Gasteiger partial charge in [0, 0.05) is 16.3 Å². The van der Waals surface area contributed by atoms with Gasteiger partial charge in [-0.05, 0) is 55.3 Å². The van der Waals surface area contributed by atoms with Crippen LogP contribution in [-0.2, 0) is 6.42 Å². The second-order valence-electron chi connectivity index (χ2n) is 5.74. The van der Waals surface area contributed by atoms with Crippen LogP contribution in [0.15, 0.2) is 53.5 Å². The van der Waals surface area contributed by atoms with Gasteiger partial charge in [0.05, 0.1) is 11.7 Å². The zero-order chi connectivity index (χ0) is 17.1. The quantitative estimate of drug-likeness (QED) is 0.769. The number of rotatable bonds is 3. The number of aliphatic imine (C=N–C) groups is 1. The highest BCUT2D eigenvalue weighted by Gasteiger charge is 2.27. The molecule has 24 heavy (non-hydrogen) atoms. The number of carbonyl (C=O) groups excluding carboxylic acids is 1. The number of nitrogens with zero attached hydrogens (tertiary/aromatic N) is 2. The number of anilines is 1. The lowest BCUT2D eigenvalue weighted by atomic mass is 10.1. The van der Waals surface area contributed by atoms with Crippen molar-refractivity contribution in [2.24, 2.45) is 4.99 Å². The summed E-state index contributed by atoms with van der Waals surface area (Å²) in [5.74, 6) is 0.821. The Bertz CT molecular complexity index is 756. The summed E-state index contributed by atoms with van der Waals surface area (Å²) in [5, 5.41) is 1.39. The first-order valence-corrected chi connectivity index (χ1v) is 9.34. The molecule has 0 radical (unpaired) electrons. The number of aryl methyl sites for hydroxylation is 1. The van der Waals surface area contributed by atoms with Crippen molar-refractivity contribution < 1.29 is 4.79 Å². The Kier molecular flexibility index (Phi) is 5.27. The fourth-order valence-electron chi connectivity index (χ4n) is 2.50. The molecule has 1 aliphatic heterocycles. The molecule has 0 fully saturated rings. The van der Waals surface area contributed by atoms with E-state index in [2.05, 4.69) is 18.8 Å². The van der Waals surface area contributed by atoms with E-state index in [1.54, 1.807) is 28.8 Å². The molecule has 5 heteroatoms. The van der Waals surface area contributed by atoms with E-state index in [-0.39, 0.29) is 11.9 Å². The van der Waals surface area contributed by atoms with Crippen molar-refractivity contribution in [3.8, 4) is 0 Å². The lowest BCUT2D eigenvalue weighted by molar-refractivity contribution is 0.100. The molecule has 2 aromatic rings. The first-order chi connectivity index (χ1) is 11.6. The van der Waals surface area contributed by atoms with Crippen molar-refractivity contribution in [2.45, 2.75) is 26.3 Å². The number of hydrogen-bond donors (Lipinski definition) is 0. The molecule has 1 atom stereocenters. The van der Waals surface area contributed by atoms with Crippen molar-refractivity contribution in [1.29, 1.82) is 0 Å². The van der Waals surface area contributed by atoms with Crippen LogP contribution in [0.2, 0.25) is 5.02 Å². The summed E-state index contributed by atoms with van der Waals surface area (Å²) in [7, 11) is 0. The molecule has 0 aliphatic carbocycles. The van der Waals surface area contributed by atoms with Crippen molar-refractivity contribution in [1.82, 2.24) is 0 Å². The van der Waals surface area contributed by atoms with Crippen LogP contribution in [0, 0.1) is 0 Å². The largest absolute Gasteiger partial charge is 0.268 e. The molecule has 3 nitrogen and oxygen atoms in total. The maximum Gasteiger partial charge on any atom is 0.264 e. The van der Waals surface area contributed by atoms with Gasteiger partial charge < -0.3 is 0 Å². The van der Waals surface area contributed by atoms with Crippen molar-refractivity contribution in [2.75, 3.05) is 10.7 Å². The molecule has 0 saturated heterocycles. The lowest BCUT2D eigenvalue weighted by Crippen LogP contribution is -2.34. The molecule has 1 amide bonds. The number of thioether (sulfide) groups is 1. The zero-order valence-electron chi connectivity index (χ0n) is 13.7. The van der Waals surface area contributed by atoms with Gasteiger partial charge >= 0.3 is 0 Å². The average Bonchev–Trinajstić information content (AvgIpc) is 3.03. The molecule has 1 aliphatic rings. The molecule has 3 rings (SSSR count). The van der Waals surface area contributed by atoms with E-state index >= 15 is 0 Å². The summed E-state index contributed by atoms with van der Waals surface area (Å²) in [5.41, 5.74) is 2.65. The molecule has 0 N–H and O–H groups in total. The molecule has 124 valence electrons. The van der Waals surface area contributed by atoms with E-state index in [4.69, 9.17) is 11.6 Å². The predicted molar refractivity (Wildman–Crippen MR) is 103 cm³/mol. The monoisotopic (exact) mass is 358 g/mol. The Morgan fingerprint density at radius 2 is 1.88 bits per heavy atom. The molecular formula is C19H19ClN2OS. The highest BCUT2D eigenvalue weighted by atomic mass is 35.5. The third-order valence-electron chi connectivity index (χ3n) is 3.87. The van der Waals surface area contributed by atoms with Crippen molar-refractivity contribution in [3.05, 3.63) is 64.7 Å². The summed E-state index contributed by atoms with van der Waals surface area (Å²) in [6.07, 6.45) is 0.954. The van der Waals surface area contributed by atoms with Crippen LogP contribution in [0.1, 0.15) is 29.8 Å². The van der Waals surface area contributed by atoms with Crippen LogP contribution in [0.5, 0.6) is 0 Å². The summed E-state index contributed by atoms with van der Waals surface area (Å²) in [6.45, 7) is 4.16. The van der Waals surface area contributed by atoms with Crippen LogP contribution in [0.25, 0.3) is 0 Å². The van der Waals surface area contributed by atoms with Gasteiger partial charge in [-0.1, -0.05) is 42.4 Å². The minimum Gasteiger partial charge on any atom is -0.268 e. The Morgan fingerprint density at radius 3 is 2.42 bits per heavy atom. The van der Waals surface area contributed by atoms with Gasteiger partial charge in [-0.25, -0.2) is 0 Å². The predicted octanol–water partition coefficient (Wildman–Crippen LogP) is 5.04. The first kappa shape index (κ1) is 17.1. The van der Waals surface area contributed by atoms with Gasteiger partial charge in [0.2, 0.25) is 0 Å². The maximum absolute atomic E-state index is 13.1. The molecular weight excluding hydrogens is 340 g/mol. The lowest BCUT2D eigenvalue weighted by Gasteiger charge is -2.22. The van der Waals surface area contributed by atoms with Crippen molar-refractivity contribution >= 4 is 40.1 Å². The second kappa shape index (κ2) is 7.41. The highest BCUT2D eigenvalue weighted by molar-refractivity contribution is 8.14. The smallest absolute Gasteiger partial charge is 0.264 e. The molecule has 0 bridgehead atoms. The molecule has 1 heterocycles. The van der Waals surface area contributed by atoms with E-state index in [1.807, 2.05) is 36.4 Å². The molecule has 0 aromatic heterocycles. The van der Waals surface area contributed by atoms with Crippen molar-refractivity contribution in [3.63, 3.8) is 0 Å². The second-order valence-corrected chi connectivity index (χ2v) is 7.16. The van der Waals surface area contributed by atoms with Crippen LogP contribution < -0.4 is 4.90 Å². The van der Waals surface area contributed by atoms with Crippen LogP contribution in [-0.4, -0.2) is 22.9 Å². The van der Waals surface area contributed by atoms with Crippen LogP contribution >= 0.6 is 23.4 Å². The van der Waals surface area contributed by atoms with Crippen LogP contribution in [0.4, 0.5) is 5.69 Å². The fraction of sp³-hybridized carbons (Fsp3) is 0.263. The Morgan fingerprint density at radius 1 is 1.21 bits per heavy atom. The Balaban J connectivity index is 1.98. The maximum atomic E-state index is 13.1. The van der Waals surface area contributed by atoms with E-state index in [9.17, 15) is 4.79 Å². The van der Waals surface area contributed by atoms with E-state index < -0.39 is 0 Å². The number of amides is 1. The fourth-order valence-corrected chi connectivity index (χ4v) is 3.66. The third kappa shape index (κ3) is 3.65. The van der Waals surface area contributed by atoms with E-state index in [0.717, 1.165) is 23.0 Å². The zero-order valence-corrected chi connectivity index (χ0v) is 15.3. The number of halogens is 1. The van der Waals surface area contributed by atoms with Gasteiger partial charge in [0.25, 0.3) is 5.91 Å². The minimum atomic E-state index is -0.0691. The summed E-state index contributed by atoms with van der Waals surface area (Å²) < 4.78 is 0. The minimum absolute atomic E-state index is 0.0691. The Hall–Kier alpha value is -1.78. The van der Waals surface area contributed by atoms with Gasteiger partial charge in [-0.15, -0.1) is 0 Å². The van der Waals surface area contributed by atoms with Gasteiger partial charge in [0.1, 0.15) is 0 Å². The summed E-state index contributed by atoms with van der Waals surface area (Å²) in [4.78, 5) is 19.4. The van der Waals surface area contributed by atoms with Crippen LogP contribution in [0.3, 0.4) is 0 Å².